The number of rotatable bonds is 7. The van der Waals surface area contributed by atoms with Crippen LogP contribution in [0.2, 0.25) is 0 Å². The van der Waals surface area contributed by atoms with Crippen molar-refractivity contribution in [1.82, 2.24) is 9.62 Å². The number of ether oxygens (including phenoxy) is 1. The van der Waals surface area contributed by atoms with E-state index in [1.54, 1.807) is 23.5 Å². The lowest BCUT2D eigenvalue weighted by Gasteiger charge is -2.18. The van der Waals surface area contributed by atoms with E-state index in [9.17, 15) is 13.2 Å². The largest absolute Gasteiger partial charge is 0.497 e. The molecule has 1 N–H and O–H groups in total. The van der Waals surface area contributed by atoms with Gasteiger partial charge in [-0.25, -0.2) is 8.42 Å². The number of carbonyl (C=O) groups excluding carboxylic acids is 1. The van der Waals surface area contributed by atoms with Crippen LogP contribution < -0.4 is 10.1 Å². The van der Waals surface area contributed by atoms with Gasteiger partial charge in [0, 0.05) is 18.0 Å². The number of nitrogens with zero attached hydrogens (tertiary/aromatic N) is 1. The summed E-state index contributed by atoms with van der Waals surface area (Å²) in [5, 5.41) is 2.86. The summed E-state index contributed by atoms with van der Waals surface area (Å²) in [6, 6.07) is 10.8. The van der Waals surface area contributed by atoms with Crippen LogP contribution in [0.4, 0.5) is 0 Å². The van der Waals surface area contributed by atoms with E-state index < -0.39 is 10.0 Å². The van der Waals surface area contributed by atoms with Crippen LogP contribution in [-0.2, 0) is 27.8 Å². The summed E-state index contributed by atoms with van der Waals surface area (Å²) >= 11 is 1.23. The maximum atomic E-state index is 12.8. The molecule has 0 radical (unpaired) electrons. The summed E-state index contributed by atoms with van der Waals surface area (Å²) in [7, 11) is -1.83. The van der Waals surface area contributed by atoms with Gasteiger partial charge >= 0.3 is 0 Å². The number of hydrogen-bond acceptors (Lipinski definition) is 5. The highest BCUT2D eigenvalue weighted by atomic mass is 32.2. The molecule has 1 aliphatic heterocycles. The molecule has 8 heteroatoms. The lowest BCUT2D eigenvalue weighted by molar-refractivity contribution is -0.120. The van der Waals surface area contributed by atoms with Crippen molar-refractivity contribution in [2.45, 2.75) is 42.9 Å². The summed E-state index contributed by atoms with van der Waals surface area (Å²) < 4.78 is 32.7. The summed E-state index contributed by atoms with van der Waals surface area (Å²) in [6.07, 6.45) is 4.27. The van der Waals surface area contributed by atoms with Crippen LogP contribution in [0.1, 0.15) is 36.1 Å². The van der Waals surface area contributed by atoms with Gasteiger partial charge < -0.3 is 10.1 Å². The Balaban J connectivity index is 1.55. The summed E-state index contributed by atoms with van der Waals surface area (Å²) in [5.41, 5.74) is 0.897. The van der Waals surface area contributed by atoms with Gasteiger partial charge in [0.1, 0.15) is 9.96 Å². The maximum absolute atomic E-state index is 12.8. The number of methoxy groups -OCH3 is 1. The number of nitrogens with one attached hydrogen (secondary N) is 1. The molecule has 3 rings (SSSR count). The molecule has 1 aliphatic rings. The molecule has 28 heavy (non-hydrogen) atoms. The minimum Gasteiger partial charge on any atom is -0.497 e. The van der Waals surface area contributed by atoms with Crippen LogP contribution in [-0.4, -0.2) is 38.8 Å². The molecule has 152 valence electrons. The molecule has 6 nitrogen and oxygen atoms in total. The molecule has 0 bridgehead atoms. The summed E-state index contributed by atoms with van der Waals surface area (Å²) in [4.78, 5) is 13.0. The molecular formula is C20H26N2O4S2. The Hall–Kier alpha value is -1.90. The predicted octanol–water partition coefficient (Wildman–Crippen LogP) is 3.18. The van der Waals surface area contributed by atoms with Gasteiger partial charge in [0.25, 0.3) is 10.0 Å². The third-order valence-corrected chi connectivity index (χ3v) is 8.23. The van der Waals surface area contributed by atoms with Gasteiger partial charge in [-0.15, -0.1) is 11.3 Å². The van der Waals surface area contributed by atoms with E-state index in [0.29, 0.717) is 23.8 Å². The second kappa shape index (κ2) is 9.54. The fourth-order valence-corrected chi connectivity index (χ4v) is 6.15. The monoisotopic (exact) mass is 422 g/mol. The maximum Gasteiger partial charge on any atom is 0.252 e. The molecule has 1 fully saturated rings. The Morgan fingerprint density at radius 2 is 1.75 bits per heavy atom. The first-order valence-corrected chi connectivity index (χ1v) is 11.7. The first kappa shape index (κ1) is 20.8. The van der Waals surface area contributed by atoms with Crippen LogP contribution >= 0.6 is 11.3 Å². The summed E-state index contributed by atoms with van der Waals surface area (Å²) in [6.45, 7) is 1.51. The topological polar surface area (TPSA) is 75.7 Å². The third kappa shape index (κ3) is 5.33. The molecule has 2 aromatic rings. The van der Waals surface area contributed by atoms with Crippen molar-refractivity contribution in [2.75, 3.05) is 20.2 Å². The van der Waals surface area contributed by atoms with Crippen LogP contribution in [0.15, 0.2) is 40.6 Å². The number of amides is 1. The molecule has 1 aromatic heterocycles. The van der Waals surface area contributed by atoms with Gasteiger partial charge in [-0.2, -0.15) is 4.31 Å². The Morgan fingerprint density at radius 1 is 1.07 bits per heavy atom. The Bertz CT molecular complexity index is 883. The Morgan fingerprint density at radius 3 is 2.39 bits per heavy atom. The van der Waals surface area contributed by atoms with Gasteiger partial charge in [0.15, 0.2) is 0 Å². The molecule has 2 heterocycles. The summed E-state index contributed by atoms with van der Waals surface area (Å²) in [5.74, 6) is 0.649. The van der Waals surface area contributed by atoms with E-state index in [0.717, 1.165) is 41.9 Å². The Kier molecular flexibility index (Phi) is 7.09. The van der Waals surface area contributed by atoms with Crippen molar-refractivity contribution in [1.29, 1.82) is 0 Å². The van der Waals surface area contributed by atoms with E-state index in [4.69, 9.17) is 4.74 Å². The van der Waals surface area contributed by atoms with E-state index in [1.165, 1.54) is 11.3 Å². The second-order valence-electron chi connectivity index (χ2n) is 6.84. The molecule has 0 aliphatic carbocycles. The highest BCUT2D eigenvalue weighted by molar-refractivity contribution is 7.91. The van der Waals surface area contributed by atoms with Crippen molar-refractivity contribution < 1.29 is 17.9 Å². The second-order valence-corrected chi connectivity index (χ2v) is 10.2. The van der Waals surface area contributed by atoms with Gasteiger partial charge in [-0.3, -0.25) is 4.79 Å². The molecular weight excluding hydrogens is 396 g/mol. The number of hydrogen-bond donors (Lipinski definition) is 1. The smallest absolute Gasteiger partial charge is 0.252 e. The number of benzene rings is 1. The average Bonchev–Trinajstić information content (AvgIpc) is 3.01. The van der Waals surface area contributed by atoms with Crippen molar-refractivity contribution in [3.8, 4) is 5.75 Å². The SMILES string of the molecule is COc1ccc(CC(=O)NCc2ccc(S(=O)(=O)N3CCCCCC3)s2)cc1. The van der Waals surface area contributed by atoms with Crippen LogP contribution in [0.3, 0.4) is 0 Å². The zero-order valence-corrected chi connectivity index (χ0v) is 17.7. The molecule has 1 amide bonds. The lowest BCUT2D eigenvalue weighted by Crippen LogP contribution is -2.31. The number of carbonyl (C=O) groups is 1. The van der Waals surface area contributed by atoms with Gasteiger partial charge in [0.05, 0.1) is 20.1 Å². The van der Waals surface area contributed by atoms with Crippen molar-refractivity contribution in [3.63, 3.8) is 0 Å². The third-order valence-electron chi connectivity index (χ3n) is 4.78. The molecule has 0 saturated carbocycles. The zero-order valence-electron chi connectivity index (χ0n) is 16.0. The van der Waals surface area contributed by atoms with E-state index >= 15 is 0 Å². The number of thiophene rings is 1. The minimum atomic E-state index is -3.43. The first-order valence-electron chi connectivity index (χ1n) is 9.47. The predicted molar refractivity (Wildman–Crippen MR) is 110 cm³/mol. The highest BCUT2D eigenvalue weighted by Gasteiger charge is 2.26. The van der Waals surface area contributed by atoms with Gasteiger partial charge in [-0.05, 0) is 42.7 Å². The fourth-order valence-electron chi connectivity index (χ4n) is 3.18. The quantitative estimate of drug-likeness (QED) is 0.744. The molecule has 1 aromatic carbocycles. The number of sulfonamides is 1. The molecule has 0 spiro atoms. The zero-order chi connectivity index (χ0) is 20.0. The highest BCUT2D eigenvalue weighted by Crippen LogP contribution is 2.26. The van der Waals surface area contributed by atoms with E-state index in [-0.39, 0.29) is 12.3 Å². The standard InChI is InChI=1S/C20H26N2O4S2/c1-26-17-8-6-16(7-9-17)14-19(23)21-15-18-10-11-20(27-18)28(24,25)22-12-4-2-3-5-13-22/h6-11H,2-5,12-15H2,1H3,(H,21,23). The van der Waals surface area contributed by atoms with Crippen molar-refractivity contribution >= 4 is 27.3 Å². The van der Waals surface area contributed by atoms with Crippen LogP contribution in [0, 0.1) is 0 Å². The molecule has 0 unspecified atom stereocenters. The molecule has 1 saturated heterocycles. The van der Waals surface area contributed by atoms with Crippen molar-refractivity contribution in [3.05, 3.63) is 46.8 Å². The van der Waals surface area contributed by atoms with Gasteiger partial charge in [-0.1, -0.05) is 25.0 Å². The van der Waals surface area contributed by atoms with Crippen LogP contribution in [0.25, 0.3) is 0 Å². The lowest BCUT2D eigenvalue weighted by atomic mass is 10.1. The normalized spacial score (nSPS) is 15.8. The van der Waals surface area contributed by atoms with E-state index in [1.807, 2.05) is 24.3 Å². The fraction of sp³-hybridized carbons (Fsp3) is 0.450. The average molecular weight is 423 g/mol. The minimum absolute atomic E-state index is 0.101. The Labute approximate surface area is 170 Å². The van der Waals surface area contributed by atoms with Crippen molar-refractivity contribution in [2.24, 2.45) is 0 Å². The molecule has 0 atom stereocenters. The van der Waals surface area contributed by atoms with E-state index in [2.05, 4.69) is 5.32 Å². The van der Waals surface area contributed by atoms with Crippen LogP contribution in [0.5, 0.6) is 5.75 Å². The first-order chi connectivity index (χ1) is 13.5. The van der Waals surface area contributed by atoms with Gasteiger partial charge in [0.2, 0.25) is 5.91 Å².